The first-order valence-corrected chi connectivity index (χ1v) is 19.1. The Morgan fingerprint density at radius 3 is 1.29 bits per heavy atom. The summed E-state index contributed by atoms with van der Waals surface area (Å²) in [5.41, 5.74) is 3.26. The molecule has 0 bridgehead atoms. The van der Waals surface area contributed by atoms with Crippen LogP contribution < -0.4 is 0 Å². The lowest BCUT2D eigenvalue weighted by Crippen LogP contribution is -2.51. The second-order valence-corrected chi connectivity index (χ2v) is 14.7. The van der Waals surface area contributed by atoms with Gasteiger partial charge in [0.05, 0.1) is 6.61 Å². The van der Waals surface area contributed by atoms with E-state index < -0.39 is 53.7 Å². The van der Waals surface area contributed by atoms with Crippen LogP contribution >= 0.6 is 0 Å². The van der Waals surface area contributed by atoms with Gasteiger partial charge in [-0.25, -0.2) is 0 Å². The minimum absolute atomic E-state index is 0.00179. The van der Waals surface area contributed by atoms with Crippen LogP contribution in [0.25, 0.3) is 0 Å². The number of carbonyl (C=O) groups excluding carboxylic acids is 1. The number of rotatable bonds is 13. The Labute approximate surface area is 328 Å². The van der Waals surface area contributed by atoms with Gasteiger partial charge in [0, 0.05) is 6.92 Å². The summed E-state index contributed by atoms with van der Waals surface area (Å²) in [6.07, 6.45) is -4.15. The van der Waals surface area contributed by atoms with Crippen LogP contribution in [0.4, 0.5) is 0 Å². The fraction of sp³-hybridized carbons (Fsp3) is 0.245. The highest BCUT2D eigenvalue weighted by atomic mass is 16.8. The van der Waals surface area contributed by atoms with Gasteiger partial charge in [-0.05, 0) is 47.2 Å². The smallest absolute Gasteiger partial charge is 0.303 e. The Bertz CT molecular complexity index is 1970. The SMILES string of the molecule is CC(=O)O[C@@H]1[C@H]2OC(C)(C)O[C@H]2O[C@@H]1[C@@H](COC(c1ccccc1)(c1ccccc1)c1ccccc1)OC(c1ccccc1)(c1ccccc1)c1ccccc1. The van der Waals surface area contributed by atoms with Gasteiger partial charge in [0.15, 0.2) is 24.3 Å². The summed E-state index contributed by atoms with van der Waals surface area (Å²) >= 11 is 0. The first-order valence-electron chi connectivity index (χ1n) is 19.1. The molecule has 7 nitrogen and oxygen atoms in total. The molecule has 6 aromatic carbocycles. The van der Waals surface area contributed by atoms with E-state index >= 15 is 0 Å². The molecule has 0 amide bonds. The molecule has 0 N–H and O–H groups in total. The Morgan fingerprint density at radius 1 is 0.571 bits per heavy atom. The van der Waals surface area contributed by atoms with Gasteiger partial charge in [-0.15, -0.1) is 0 Å². The third-order valence-electron chi connectivity index (χ3n) is 10.6. The van der Waals surface area contributed by atoms with Crippen molar-refractivity contribution in [2.75, 3.05) is 6.61 Å². The minimum Gasteiger partial charge on any atom is -0.457 e. The number of ether oxygens (including phenoxy) is 6. The number of esters is 1. The molecule has 0 unspecified atom stereocenters. The molecular formula is C49H46O7. The summed E-state index contributed by atoms with van der Waals surface area (Å²) in [6, 6.07) is 61.1. The van der Waals surface area contributed by atoms with E-state index in [-0.39, 0.29) is 6.61 Å². The minimum atomic E-state index is -1.17. The van der Waals surface area contributed by atoms with Crippen molar-refractivity contribution < 1.29 is 33.2 Å². The molecular weight excluding hydrogens is 701 g/mol. The molecule has 2 heterocycles. The van der Waals surface area contributed by atoms with Crippen LogP contribution in [0.5, 0.6) is 0 Å². The van der Waals surface area contributed by atoms with E-state index in [0.29, 0.717) is 0 Å². The summed E-state index contributed by atoms with van der Waals surface area (Å²) in [6.45, 7) is 5.04. The van der Waals surface area contributed by atoms with E-state index in [9.17, 15) is 4.79 Å². The van der Waals surface area contributed by atoms with E-state index in [4.69, 9.17) is 28.4 Å². The largest absolute Gasteiger partial charge is 0.457 e. The van der Waals surface area contributed by atoms with E-state index in [1.165, 1.54) is 6.92 Å². The van der Waals surface area contributed by atoms with E-state index in [0.717, 1.165) is 33.4 Å². The van der Waals surface area contributed by atoms with Crippen LogP contribution in [-0.2, 0) is 44.4 Å². The molecule has 2 saturated heterocycles. The van der Waals surface area contributed by atoms with Gasteiger partial charge in [-0.2, -0.15) is 0 Å². The highest BCUT2D eigenvalue weighted by Gasteiger charge is 2.60. The molecule has 2 aliphatic heterocycles. The zero-order valence-corrected chi connectivity index (χ0v) is 31.8. The molecule has 0 saturated carbocycles. The molecule has 0 spiro atoms. The van der Waals surface area contributed by atoms with Crippen molar-refractivity contribution in [3.05, 3.63) is 215 Å². The molecule has 6 aromatic rings. The van der Waals surface area contributed by atoms with Crippen molar-refractivity contribution in [1.29, 1.82) is 0 Å². The molecule has 0 aliphatic carbocycles. The fourth-order valence-corrected chi connectivity index (χ4v) is 8.25. The van der Waals surface area contributed by atoms with Gasteiger partial charge in [0.25, 0.3) is 0 Å². The van der Waals surface area contributed by atoms with Gasteiger partial charge in [0.1, 0.15) is 23.4 Å². The van der Waals surface area contributed by atoms with Crippen molar-refractivity contribution >= 4 is 5.97 Å². The molecule has 0 radical (unpaired) electrons. The van der Waals surface area contributed by atoms with Crippen LogP contribution in [0.2, 0.25) is 0 Å². The van der Waals surface area contributed by atoms with Crippen LogP contribution in [0, 0.1) is 0 Å². The summed E-state index contributed by atoms with van der Waals surface area (Å²) in [5, 5.41) is 0. The monoisotopic (exact) mass is 746 g/mol. The third kappa shape index (κ3) is 7.20. The molecule has 284 valence electrons. The maximum atomic E-state index is 12.9. The highest BCUT2D eigenvalue weighted by Crippen LogP contribution is 2.47. The first-order chi connectivity index (χ1) is 27.3. The number of carbonyl (C=O) groups is 1. The molecule has 8 rings (SSSR count). The number of hydrogen-bond donors (Lipinski definition) is 0. The number of hydrogen-bond acceptors (Lipinski definition) is 7. The van der Waals surface area contributed by atoms with Crippen LogP contribution in [0.1, 0.15) is 54.2 Å². The van der Waals surface area contributed by atoms with Crippen molar-refractivity contribution in [3.8, 4) is 0 Å². The lowest BCUT2D eigenvalue weighted by molar-refractivity contribution is -0.244. The molecule has 0 aromatic heterocycles. The maximum absolute atomic E-state index is 12.9. The summed E-state index contributed by atoms with van der Waals surface area (Å²) < 4.78 is 40.8. The molecule has 2 fully saturated rings. The second-order valence-electron chi connectivity index (χ2n) is 14.7. The lowest BCUT2D eigenvalue weighted by atomic mass is 9.79. The van der Waals surface area contributed by atoms with Gasteiger partial charge < -0.3 is 28.4 Å². The predicted octanol–water partition coefficient (Wildman–Crippen LogP) is 9.18. The Hall–Kier alpha value is -5.41. The van der Waals surface area contributed by atoms with Gasteiger partial charge >= 0.3 is 5.97 Å². The Balaban J connectivity index is 1.33. The summed E-state index contributed by atoms with van der Waals surface area (Å²) in [5.74, 6) is -1.42. The Kier molecular flexibility index (Phi) is 10.7. The van der Waals surface area contributed by atoms with Crippen molar-refractivity contribution in [1.82, 2.24) is 0 Å². The third-order valence-corrected chi connectivity index (χ3v) is 10.6. The zero-order valence-electron chi connectivity index (χ0n) is 31.8. The van der Waals surface area contributed by atoms with Gasteiger partial charge in [-0.3, -0.25) is 4.79 Å². The molecule has 56 heavy (non-hydrogen) atoms. The lowest BCUT2D eigenvalue weighted by Gasteiger charge is -2.43. The average Bonchev–Trinajstić information content (AvgIpc) is 3.72. The topological polar surface area (TPSA) is 72.5 Å². The average molecular weight is 747 g/mol. The van der Waals surface area contributed by atoms with E-state index in [1.807, 2.05) is 123 Å². The van der Waals surface area contributed by atoms with Gasteiger partial charge in [0.2, 0.25) is 0 Å². The number of benzene rings is 6. The van der Waals surface area contributed by atoms with E-state index in [2.05, 4.69) is 72.8 Å². The summed E-state index contributed by atoms with van der Waals surface area (Å²) in [4.78, 5) is 12.9. The van der Waals surface area contributed by atoms with Crippen LogP contribution in [0.3, 0.4) is 0 Å². The van der Waals surface area contributed by atoms with Gasteiger partial charge in [-0.1, -0.05) is 182 Å². The Morgan fingerprint density at radius 2 is 0.929 bits per heavy atom. The highest BCUT2D eigenvalue weighted by molar-refractivity contribution is 5.66. The second kappa shape index (κ2) is 16.0. The molecule has 2 aliphatic rings. The standard InChI is InChI=1S/C49H46O7/c1-35(50)52-44-43(53-46-45(44)55-47(2,3)56-46)42(54-49(39-28-16-7-17-29-39,40-30-18-8-19-31-40)41-32-20-9-21-33-41)34-51-48(36-22-10-4-11-23-36,37-24-12-5-13-25-37)38-26-14-6-15-27-38/h4-33,42-46H,34H2,1-3H3/t42-,43-,44+,45-,46-/m1/s1. The van der Waals surface area contributed by atoms with Crippen molar-refractivity contribution in [3.63, 3.8) is 0 Å². The quantitative estimate of drug-likeness (QED) is 0.0863. The molecule has 5 atom stereocenters. The van der Waals surface area contributed by atoms with Crippen molar-refractivity contribution in [2.45, 2.75) is 68.5 Å². The summed E-state index contributed by atoms with van der Waals surface area (Å²) in [7, 11) is 0. The molecule has 7 heteroatoms. The predicted molar refractivity (Wildman–Crippen MR) is 213 cm³/mol. The van der Waals surface area contributed by atoms with Crippen molar-refractivity contribution in [2.24, 2.45) is 0 Å². The first kappa shape index (κ1) is 37.5. The van der Waals surface area contributed by atoms with E-state index in [1.54, 1.807) is 0 Å². The fourth-order valence-electron chi connectivity index (χ4n) is 8.25. The van der Waals surface area contributed by atoms with Crippen LogP contribution in [-0.4, -0.2) is 49.1 Å². The zero-order chi connectivity index (χ0) is 38.6. The maximum Gasteiger partial charge on any atom is 0.303 e. The normalized spacial score (nSPS) is 20.9. The van der Waals surface area contributed by atoms with Crippen LogP contribution in [0.15, 0.2) is 182 Å². The number of fused-ring (bicyclic) bond motifs is 1.